The number of aromatic amines is 1. The highest BCUT2D eigenvalue weighted by Crippen LogP contribution is 2.26. The zero-order valence-corrected chi connectivity index (χ0v) is 20.6. The molecule has 4 aromatic rings. The average Bonchev–Trinajstić information content (AvgIpc) is 3.35. The van der Waals surface area contributed by atoms with E-state index in [1.807, 2.05) is 68.4 Å². The summed E-state index contributed by atoms with van der Waals surface area (Å²) in [5, 5.41) is 13.2. The molecule has 1 aromatic heterocycles. The summed E-state index contributed by atoms with van der Waals surface area (Å²) in [5.74, 6) is -0.0499. The lowest BCUT2D eigenvalue weighted by Crippen LogP contribution is -2.30. The van der Waals surface area contributed by atoms with Crippen LogP contribution in [-0.2, 0) is 6.42 Å². The number of benzene rings is 3. The molecule has 0 unspecified atom stereocenters. The van der Waals surface area contributed by atoms with E-state index >= 15 is 0 Å². The molecule has 0 fully saturated rings. The van der Waals surface area contributed by atoms with Crippen LogP contribution in [0.4, 0.5) is 0 Å². The number of nitrogens with zero attached hydrogens (tertiary/aromatic N) is 2. The van der Waals surface area contributed by atoms with Crippen molar-refractivity contribution >= 4 is 22.6 Å². The first-order chi connectivity index (χ1) is 17.5. The Bertz CT molecular complexity index is 1380. The van der Waals surface area contributed by atoms with Gasteiger partial charge in [-0.1, -0.05) is 48.5 Å². The fourth-order valence-electron chi connectivity index (χ4n) is 4.43. The third-order valence-electron chi connectivity index (χ3n) is 6.49. The summed E-state index contributed by atoms with van der Waals surface area (Å²) < 4.78 is 0. The van der Waals surface area contributed by atoms with Crippen molar-refractivity contribution in [2.75, 3.05) is 19.6 Å². The molecule has 1 heterocycles. The highest BCUT2D eigenvalue weighted by Gasteiger charge is 2.24. The quantitative estimate of drug-likeness (QED) is 0.304. The fourth-order valence-corrected chi connectivity index (χ4v) is 4.43. The van der Waals surface area contributed by atoms with Gasteiger partial charge in [0.1, 0.15) is 0 Å². The van der Waals surface area contributed by atoms with Crippen molar-refractivity contribution < 1.29 is 9.59 Å². The predicted molar refractivity (Wildman–Crippen MR) is 142 cm³/mol. The van der Waals surface area contributed by atoms with Crippen LogP contribution < -0.4 is 5.32 Å². The van der Waals surface area contributed by atoms with Crippen LogP contribution >= 0.6 is 0 Å². The number of amides is 1. The van der Waals surface area contributed by atoms with E-state index in [4.69, 9.17) is 5.26 Å². The van der Waals surface area contributed by atoms with Gasteiger partial charge >= 0.3 is 0 Å². The molecule has 0 spiro atoms. The second-order valence-corrected chi connectivity index (χ2v) is 8.66. The third kappa shape index (κ3) is 5.37. The van der Waals surface area contributed by atoms with E-state index in [0.29, 0.717) is 36.3 Å². The van der Waals surface area contributed by atoms with E-state index in [-0.39, 0.29) is 11.7 Å². The van der Waals surface area contributed by atoms with Crippen LogP contribution in [0, 0.1) is 11.3 Å². The molecule has 2 N–H and O–H groups in total. The van der Waals surface area contributed by atoms with E-state index in [1.54, 1.807) is 29.3 Å². The van der Waals surface area contributed by atoms with Crippen LogP contribution in [0.25, 0.3) is 10.9 Å². The van der Waals surface area contributed by atoms with Gasteiger partial charge in [-0.25, -0.2) is 0 Å². The van der Waals surface area contributed by atoms with Gasteiger partial charge in [0.2, 0.25) is 0 Å². The van der Waals surface area contributed by atoms with Crippen LogP contribution in [0.15, 0.2) is 79.0 Å². The number of carbonyl (C=O) groups is 2. The first-order valence-corrected chi connectivity index (χ1v) is 12.3. The summed E-state index contributed by atoms with van der Waals surface area (Å²) in [5.41, 5.74) is 4.58. The molecule has 4 rings (SSSR count). The topological polar surface area (TPSA) is 89.0 Å². The van der Waals surface area contributed by atoms with Gasteiger partial charge in [0, 0.05) is 47.9 Å². The molecular formula is C30H30N4O2. The van der Waals surface area contributed by atoms with Crippen molar-refractivity contribution in [2.45, 2.75) is 26.3 Å². The van der Waals surface area contributed by atoms with Crippen molar-refractivity contribution in [1.82, 2.24) is 15.2 Å². The van der Waals surface area contributed by atoms with Gasteiger partial charge in [0.15, 0.2) is 5.78 Å². The summed E-state index contributed by atoms with van der Waals surface area (Å²) in [7, 11) is 0. The number of Topliss-reactive ketones (excluding diaryl/α,β-unsaturated/α-hetero) is 1. The summed E-state index contributed by atoms with van der Waals surface area (Å²) in [6.07, 6.45) is 2.46. The minimum Gasteiger partial charge on any atom is -0.360 e. The Labute approximate surface area is 211 Å². The Morgan fingerprint density at radius 1 is 1.00 bits per heavy atom. The monoisotopic (exact) mass is 478 g/mol. The standard InChI is InChI=1S/C30H30N4O2/c1-3-34(4-2)30(36)24-14-15-25-26(20-33-27(25)18-24)29(35)28(23-8-6-5-7-9-23)32-17-16-21-10-12-22(19-31)13-11-21/h5-15,18,20,28,32-33H,3-4,16-17H2,1-2H3/t28-/m1/s1. The van der Waals surface area contributed by atoms with E-state index in [9.17, 15) is 9.59 Å². The van der Waals surface area contributed by atoms with Crippen molar-refractivity contribution in [3.8, 4) is 6.07 Å². The molecule has 0 aliphatic heterocycles. The maximum Gasteiger partial charge on any atom is 0.253 e. The van der Waals surface area contributed by atoms with Crippen LogP contribution in [0.3, 0.4) is 0 Å². The van der Waals surface area contributed by atoms with Gasteiger partial charge in [-0.15, -0.1) is 0 Å². The molecule has 1 atom stereocenters. The minimum absolute atomic E-state index is 0.0176. The molecule has 1 amide bonds. The summed E-state index contributed by atoms with van der Waals surface area (Å²) in [6.45, 7) is 5.82. The highest BCUT2D eigenvalue weighted by atomic mass is 16.2. The van der Waals surface area contributed by atoms with Gasteiger partial charge in [-0.2, -0.15) is 5.26 Å². The minimum atomic E-state index is -0.513. The van der Waals surface area contributed by atoms with Crippen molar-refractivity contribution in [3.05, 3.63) is 107 Å². The largest absolute Gasteiger partial charge is 0.360 e. The lowest BCUT2D eigenvalue weighted by atomic mass is 9.96. The van der Waals surface area contributed by atoms with Gasteiger partial charge in [-0.3, -0.25) is 9.59 Å². The lowest BCUT2D eigenvalue weighted by molar-refractivity contribution is 0.0773. The number of hydrogen-bond acceptors (Lipinski definition) is 4. The summed E-state index contributed by atoms with van der Waals surface area (Å²) in [4.78, 5) is 31.5. The molecule has 6 heteroatoms. The van der Waals surface area contributed by atoms with Gasteiger partial charge in [0.25, 0.3) is 5.91 Å². The number of carbonyl (C=O) groups excluding carboxylic acids is 2. The van der Waals surface area contributed by atoms with Gasteiger partial charge in [0.05, 0.1) is 17.7 Å². The zero-order valence-electron chi connectivity index (χ0n) is 20.6. The second-order valence-electron chi connectivity index (χ2n) is 8.66. The number of rotatable bonds is 10. The van der Waals surface area contributed by atoms with Crippen LogP contribution in [0.2, 0.25) is 0 Å². The van der Waals surface area contributed by atoms with Crippen molar-refractivity contribution in [1.29, 1.82) is 5.26 Å². The molecule has 0 saturated carbocycles. The first kappa shape index (κ1) is 24.9. The number of hydrogen-bond donors (Lipinski definition) is 2. The molecule has 0 aliphatic carbocycles. The third-order valence-corrected chi connectivity index (χ3v) is 6.49. The smallest absolute Gasteiger partial charge is 0.253 e. The highest BCUT2D eigenvalue weighted by molar-refractivity contribution is 6.11. The maximum atomic E-state index is 13.8. The Balaban J connectivity index is 1.57. The van der Waals surface area contributed by atoms with Crippen LogP contribution in [0.1, 0.15) is 57.3 Å². The molecule has 0 aliphatic rings. The normalized spacial score (nSPS) is 11.7. The van der Waals surface area contributed by atoms with Gasteiger partial charge in [-0.05, 0) is 55.7 Å². The number of aromatic nitrogens is 1. The molecule has 0 radical (unpaired) electrons. The fraction of sp³-hybridized carbons (Fsp3) is 0.233. The summed E-state index contributed by atoms with van der Waals surface area (Å²) >= 11 is 0. The van der Waals surface area contributed by atoms with Crippen LogP contribution in [-0.4, -0.2) is 41.2 Å². The number of nitrogens with one attached hydrogen (secondary N) is 2. The van der Waals surface area contributed by atoms with Gasteiger partial charge < -0.3 is 15.2 Å². The Morgan fingerprint density at radius 2 is 1.72 bits per heavy atom. The lowest BCUT2D eigenvalue weighted by Gasteiger charge is -2.19. The average molecular weight is 479 g/mol. The summed E-state index contributed by atoms with van der Waals surface area (Å²) in [6, 6.07) is 24.3. The number of nitriles is 1. The van der Waals surface area contributed by atoms with E-state index < -0.39 is 6.04 Å². The Kier molecular flexibility index (Phi) is 7.94. The molecule has 182 valence electrons. The predicted octanol–water partition coefficient (Wildman–Crippen LogP) is 5.28. The van der Waals surface area contributed by atoms with E-state index in [1.165, 1.54) is 0 Å². The van der Waals surface area contributed by atoms with E-state index in [0.717, 1.165) is 28.5 Å². The zero-order chi connectivity index (χ0) is 25.5. The Morgan fingerprint density at radius 3 is 2.39 bits per heavy atom. The van der Waals surface area contributed by atoms with Crippen molar-refractivity contribution in [3.63, 3.8) is 0 Å². The van der Waals surface area contributed by atoms with E-state index in [2.05, 4.69) is 16.4 Å². The van der Waals surface area contributed by atoms with Crippen LogP contribution in [0.5, 0.6) is 0 Å². The molecule has 0 saturated heterocycles. The number of fused-ring (bicyclic) bond motifs is 1. The molecule has 3 aromatic carbocycles. The molecule has 36 heavy (non-hydrogen) atoms. The second kappa shape index (κ2) is 11.5. The SMILES string of the molecule is CCN(CC)C(=O)c1ccc2c(C(=O)[C@H](NCCc3ccc(C#N)cc3)c3ccccc3)c[nH]c2c1. The number of ketones is 1. The molecule has 6 nitrogen and oxygen atoms in total. The molecular weight excluding hydrogens is 448 g/mol. The van der Waals surface area contributed by atoms with Crippen molar-refractivity contribution in [2.24, 2.45) is 0 Å². The maximum absolute atomic E-state index is 13.8. The first-order valence-electron chi connectivity index (χ1n) is 12.3. The number of H-pyrrole nitrogens is 1. The Hall–Kier alpha value is -4.21. The molecule has 0 bridgehead atoms.